The molecule has 0 saturated carbocycles. The number of hydrogen-bond donors (Lipinski definition) is 1. The molecule has 30 heavy (non-hydrogen) atoms. The molecule has 1 amide bonds. The van der Waals surface area contributed by atoms with Gasteiger partial charge in [-0.05, 0) is 59.8 Å². The van der Waals surface area contributed by atoms with Crippen LogP contribution in [0.3, 0.4) is 0 Å². The summed E-state index contributed by atoms with van der Waals surface area (Å²) in [5, 5.41) is 12.1. The third-order valence-corrected chi connectivity index (χ3v) is 7.02. The lowest BCUT2D eigenvalue weighted by Gasteiger charge is -2.34. The van der Waals surface area contributed by atoms with Crippen molar-refractivity contribution in [2.24, 2.45) is 5.92 Å². The number of H-pyrrole nitrogens is 1. The van der Waals surface area contributed by atoms with E-state index in [0.29, 0.717) is 18.9 Å². The van der Waals surface area contributed by atoms with Crippen molar-refractivity contribution < 1.29 is 4.79 Å². The number of thiophene rings is 1. The first kappa shape index (κ1) is 19.5. The molecule has 5 heterocycles. The van der Waals surface area contributed by atoms with Gasteiger partial charge >= 0.3 is 0 Å². The summed E-state index contributed by atoms with van der Waals surface area (Å²) in [4.78, 5) is 21.8. The molecule has 3 aromatic rings. The van der Waals surface area contributed by atoms with Gasteiger partial charge in [-0.1, -0.05) is 0 Å². The van der Waals surface area contributed by atoms with Crippen molar-refractivity contribution in [1.29, 1.82) is 0 Å². The Hall–Kier alpha value is -2.51. The van der Waals surface area contributed by atoms with Gasteiger partial charge in [-0.25, -0.2) is 0 Å². The number of nitrogens with zero attached hydrogens (tertiary/aromatic N) is 4. The van der Waals surface area contributed by atoms with Gasteiger partial charge in [-0.2, -0.15) is 16.4 Å². The van der Waals surface area contributed by atoms with Crippen molar-refractivity contribution in [3.8, 4) is 11.3 Å². The van der Waals surface area contributed by atoms with Gasteiger partial charge < -0.3 is 4.90 Å². The minimum atomic E-state index is 0.282. The van der Waals surface area contributed by atoms with Crippen LogP contribution in [-0.4, -0.2) is 50.5 Å². The summed E-state index contributed by atoms with van der Waals surface area (Å²) in [6.45, 7) is 4.58. The number of likely N-dealkylation sites (tertiary alicyclic amines) is 1. The van der Waals surface area contributed by atoms with Gasteiger partial charge in [0.05, 0.1) is 5.69 Å². The van der Waals surface area contributed by atoms with E-state index in [1.165, 1.54) is 12.0 Å². The van der Waals surface area contributed by atoms with Crippen molar-refractivity contribution in [1.82, 2.24) is 25.0 Å². The second-order valence-electron chi connectivity index (χ2n) is 8.41. The zero-order valence-corrected chi connectivity index (χ0v) is 17.9. The van der Waals surface area contributed by atoms with E-state index in [1.807, 2.05) is 17.0 Å². The molecule has 7 heteroatoms. The topological polar surface area (TPSA) is 65.1 Å². The molecule has 5 rings (SSSR count). The van der Waals surface area contributed by atoms with Crippen LogP contribution in [0.25, 0.3) is 11.3 Å². The Bertz CT molecular complexity index is 984. The number of pyridine rings is 1. The molecule has 3 aromatic heterocycles. The molecule has 6 nitrogen and oxygen atoms in total. The number of carbonyl (C=O) groups is 1. The van der Waals surface area contributed by atoms with E-state index < -0.39 is 0 Å². The standard InChI is InChI=1S/C23H27N5OS/c29-22(12-17-2-1-9-27(13-17)14-18-6-11-30-16-18)28-10-5-21-20(15-28)23(26-25-21)19-3-7-24-8-4-19/h3-4,6-8,11,16-17H,1-2,5,9-10,12-15H2,(H,25,26)/t17-/m0/s1. The average molecular weight is 422 g/mol. The molecule has 1 N–H and O–H groups in total. The van der Waals surface area contributed by atoms with Gasteiger partial charge in [0.25, 0.3) is 0 Å². The van der Waals surface area contributed by atoms with Crippen molar-refractivity contribution >= 4 is 17.2 Å². The van der Waals surface area contributed by atoms with Crippen LogP contribution in [0.1, 0.15) is 36.1 Å². The Morgan fingerprint density at radius 1 is 1.23 bits per heavy atom. The van der Waals surface area contributed by atoms with E-state index in [-0.39, 0.29) is 5.91 Å². The summed E-state index contributed by atoms with van der Waals surface area (Å²) in [6, 6.07) is 6.15. The normalized spacial score (nSPS) is 19.6. The Balaban J connectivity index is 1.22. The zero-order chi connectivity index (χ0) is 20.3. The van der Waals surface area contributed by atoms with Crippen molar-refractivity contribution in [3.63, 3.8) is 0 Å². The number of nitrogens with one attached hydrogen (secondary N) is 1. The Morgan fingerprint density at radius 3 is 2.97 bits per heavy atom. The molecule has 156 valence electrons. The third-order valence-electron chi connectivity index (χ3n) is 6.29. The predicted octanol–water partition coefficient (Wildman–Crippen LogP) is 3.72. The number of amides is 1. The summed E-state index contributed by atoms with van der Waals surface area (Å²) in [6.07, 6.45) is 7.39. The minimum absolute atomic E-state index is 0.282. The van der Waals surface area contributed by atoms with Gasteiger partial charge in [0.1, 0.15) is 0 Å². The number of hydrogen-bond acceptors (Lipinski definition) is 5. The van der Waals surface area contributed by atoms with E-state index in [9.17, 15) is 4.79 Å². The van der Waals surface area contributed by atoms with Gasteiger partial charge in [-0.3, -0.25) is 19.8 Å². The molecule has 1 saturated heterocycles. The van der Waals surface area contributed by atoms with E-state index in [1.54, 1.807) is 23.7 Å². The highest BCUT2D eigenvalue weighted by atomic mass is 32.1. The van der Waals surface area contributed by atoms with Crippen LogP contribution < -0.4 is 0 Å². The van der Waals surface area contributed by atoms with Gasteiger partial charge in [0, 0.05) is 68.2 Å². The van der Waals surface area contributed by atoms with E-state index >= 15 is 0 Å². The summed E-state index contributed by atoms with van der Waals surface area (Å²) in [5.74, 6) is 0.736. The fourth-order valence-electron chi connectivity index (χ4n) is 4.73. The quantitative estimate of drug-likeness (QED) is 0.682. The lowest BCUT2D eigenvalue weighted by atomic mass is 9.93. The van der Waals surface area contributed by atoms with Crippen LogP contribution in [0.4, 0.5) is 0 Å². The Labute approximate surface area is 180 Å². The highest BCUT2D eigenvalue weighted by Gasteiger charge is 2.29. The number of carbonyl (C=O) groups excluding carboxylic acids is 1. The van der Waals surface area contributed by atoms with Crippen LogP contribution in [0, 0.1) is 5.92 Å². The summed E-state index contributed by atoms with van der Waals surface area (Å²) in [5.41, 5.74) is 5.70. The maximum absolute atomic E-state index is 13.1. The predicted molar refractivity (Wildman–Crippen MR) is 118 cm³/mol. The molecule has 0 radical (unpaired) electrons. The first-order valence-corrected chi connectivity index (χ1v) is 11.7. The lowest BCUT2D eigenvalue weighted by molar-refractivity contribution is -0.133. The molecule has 2 aliphatic heterocycles. The maximum Gasteiger partial charge on any atom is 0.223 e. The minimum Gasteiger partial charge on any atom is -0.338 e. The van der Waals surface area contributed by atoms with Crippen LogP contribution in [0.2, 0.25) is 0 Å². The second-order valence-corrected chi connectivity index (χ2v) is 9.19. The number of aromatic nitrogens is 3. The van der Waals surface area contributed by atoms with E-state index in [2.05, 4.69) is 36.9 Å². The highest BCUT2D eigenvalue weighted by Crippen LogP contribution is 2.29. The number of fused-ring (bicyclic) bond motifs is 1. The number of aromatic amines is 1. The Kier molecular flexibility index (Phi) is 5.64. The molecule has 1 fully saturated rings. The van der Waals surface area contributed by atoms with Crippen LogP contribution in [-0.2, 0) is 24.3 Å². The van der Waals surface area contributed by atoms with Gasteiger partial charge in [-0.15, -0.1) is 0 Å². The molecule has 0 aliphatic carbocycles. The zero-order valence-electron chi connectivity index (χ0n) is 17.1. The maximum atomic E-state index is 13.1. The molecule has 2 aliphatic rings. The largest absolute Gasteiger partial charge is 0.338 e. The molecule has 0 bridgehead atoms. The average Bonchev–Trinajstić information content (AvgIpc) is 3.44. The highest BCUT2D eigenvalue weighted by molar-refractivity contribution is 7.07. The first-order chi connectivity index (χ1) is 14.8. The van der Waals surface area contributed by atoms with Crippen LogP contribution >= 0.6 is 11.3 Å². The molecular formula is C23H27N5OS. The van der Waals surface area contributed by atoms with Crippen molar-refractivity contribution in [2.75, 3.05) is 19.6 Å². The third kappa shape index (κ3) is 4.18. The van der Waals surface area contributed by atoms with Gasteiger partial charge in [0.15, 0.2) is 0 Å². The second kappa shape index (κ2) is 8.70. The van der Waals surface area contributed by atoms with E-state index in [0.717, 1.165) is 61.5 Å². The summed E-state index contributed by atoms with van der Waals surface area (Å²) < 4.78 is 0. The monoisotopic (exact) mass is 421 g/mol. The van der Waals surface area contributed by atoms with Crippen molar-refractivity contribution in [2.45, 2.75) is 38.8 Å². The molecule has 0 spiro atoms. The smallest absolute Gasteiger partial charge is 0.223 e. The molecule has 1 atom stereocenters. The van der Waals surface area contributed by atoms with Gasteiger partial charge in [0.2, 0.25) is 5.91 Å². The molecule has 0 unspecified atom stereocenters. The summed E-state index contributed by atoms with van der Waals surface area (Å²) in [7, 11) is 0. The molecule has 0 aromatic carbocycles. The SMILES string of the molecule is O=C(C[C@@H]1CCCN(Cc2ccsc2)C1)N1CCc2[nH]nc(-c3ccncc3)c2C1. The van der Waals surface area contributed by atoms with Crippen LogP contribution in [0.15, 0.2) is 41.4 Å². The fourth-order valence-corrected chi connectivity index (χ4v) is 5.39. The number of rotatable bonds is 5. The lowest BCUT2D eigenvalue weighted by Crippen LogP contribution is -2.40. The van der Waals surface area contributed by atoms with E-state index in [4.69, 9.17) is 0 Å². The van der Waals surface area contributed by atoms with Crippen molar-refractivity contribution in [3.05, 3.63) is 58.2 Å². The van der Waals surface area contributed by atoms with Crippen LogP contribution in [0.5, 0.6) is 0 Å². The summed E-state index contributed by atoms with van der Waals surface area (Å²) >= 11 is 1.75. The number of piperidine rings is 1. The first-order valence-electron chi connectivity index (χ1n) is 10.7. The fraction of sp³-hybridized carbons (Fsp3) is 0.435. The Morgan fingerprint density at radius 2 is 2.13 bits per heavy atom. The molecular weight excluding hydrogens is 394 g/mol.